The van der Waals surface area contributed by atoms with Crippen LogP contribution in [0, 0.1) is 0 Å². The van der Waals surface area contributed by atoms with Gasteiger partial charge in [0.15, 0.2) is 5.12 Å². The van der Waals surface area contributed by atoms with Crippen molar-refractivity contribution in [3.05, 3.63) is 35.3 Å². The molecule has 148 valence electrons. The normalized spacial score (nSPS) is 19.3. The largest absolute Gasteiger partial charge is 0.573 e. The smallest absolute Gasteiger partial charge is 0.406 e. The van der Waals surface area contributed by atoms with Crippen LogP contribution in [0.1, 0.15) is 40.2 Å². The standard InChI is InChI=1S/C18H22BF3O4S/c1-12(23)27-11-14(19-25-16(2,3)17(4,5)26-19)9-13-7-6-8-15(10-13)24-18(20,21)22/h6-10H,11H2,1-5H3. The van der Waals surface area contributed by atoms with Gasteiger partial charge in [-0.3, -0.25) is 4.79 Å². The van der Waals surface area contributed by atoms with E-state index in [1.165, 1.54) is 25.1 Å². The number of carbonyl (C=O) groups is 1. The van der Waals surface area contributed by atoms with Crippen LogP contribution in [-0.2, 0) is 14.1 Å². The van der Waals surface area contributed by atoms with E-state index in [-0.39, 0.29) is 10.9 Å². The molecule has 9 heteroatoms. The van der Waals surface area contributed by atoms with Gasteiger partial charge in [-0.25, -0.2) is 0 Å². The van der Waals surface area contributed by atoms with Crippen molar-refractivity contribution >= 4 is 30.1 Å². The van der Waals surface area contributed by atoms with E-state index in [1.807, 2.05) is 27.7 Å². The summed E-state index contributed by atoms with van der Waals surface area (Å²) in [6.07, 6.45) is -3.09. The molecule has 0 N–H and O–H groups in total. The third-order valence-electron chi connectivity index (χ3n) is 4.44. The highest BCUT2D eigenvalue weighted by Gasteiger charge is 2.52. The highest BCUT2D eigenvalue weighted by atomic mass is 32.2. The molecule has 0 radical (unpaired) electrons. The van der Waals surface area contributed by atoms with Crippen molar-refractivity contribution in [2.45, 2.75) is 52.2 Å². The Morgan fingerprint density at radius 2 is 1.81 bits per heavy atom. The number of alkyl halides is 3. The first-order valence-corrected chi connectivity index (χ1v) is 9.33. The minimum absolute atomic E-state index is 0.0772. The van der Waals surface area contributed by atoms with Crippen LogP contribution in [0.4, 0.5) is 13.2 Å². The molecule has 0 aliphatic carbocycles. The maximum atomic E-state index is 12.4. The van der Waals surface area contributed by atoms with E-state index < -0.39 is 24.7 Å². The molecule has 1 aromatic rings. The number of rotatable bonds is 5. The zero-order valence-electron chi connectivity index (χ0n) is 15.8. The SMILES string of the molecule is CC(=O)SCC(=Cc1cccc(OC(F)(F)F)c1)B1OC(C)(C)C(C)(C)O1. The van der Waals surface area contributed by atoms with Gasteiger partial charge in [-0.2, -0.15) is 0 Å². The average molecular weight is 402 g/mol. The molecule has 2 rings (SSSR count). The molecule has 0 atom stereocenters. The van der Waals surface area contributed by atoms with E-state index in [2.05, 4.69) is 4.74 Å². The highest BCUT2D eigenvalue weighted by Crippen LogP contribution is 2.39. The quantitative estimate of drug-likeness (QED) is 0.657. The predicted octanol–water partition coefficient (Wildman–Crippen LogP) is 4.88. The second kappa shape index (κ2) is 7.89. The lowest BCUT2D eigenvalue weighted by atomic mass is 9.78. The molecule has 1 aliphatic heterocycles. The van der Waals surface area contributed by atoms with Gasteiger partial charge in [-0.05, 0) is 50.9 Å². The highest BCUT2D eigenvalue weighted by molar-refractivity contribution is 8.13. The molecule has 0 amide bonds. The molecule has 1 aromatic carbocycles. The first-order valence-electron chi connectivity index (χ1n) is 8.34. The van der Waals surface area contributed by atoms with Crippen LogP contribution in [0.15, 0.2) is 29.7 Å². The first-order chi connectivity index (χ1) is 12.3. The number of thioether (sulfide) groups is 1. The van der Waals surface area contributed by atoms with Crippen LogP contribution in [0.2, 0.25) is 0 Å². The van der Waals surface area contributed by atoms with E-state index in [9.17, 15) is 18.0 Å². The van der Waals surface area contributed by atoms with E-state index in [4.69, 9.17) is 9.31 Å². The van der Waals surface area contributed by atoms with E-state index >= 15 is 0 Å². The fraction of sp³-hybridized carbons (Fsp3) is 0.500. The summed E-state index contributed by atoms with van der Waals surface area (Å²) in [7, 11) is -0.700. The summed E-state index contributed by atoms with van der Waals surface area (Å²) < 4.78 is 53.3. The van der Waals surface area contributed by atoms with Gasteiger partial charge < -0.3 is 14.0 Å². The van der Waals surface area contributed by atoms with Crippen molar-refractivity contribution in [3.8, 4) is 5.75 Å². The maximum absolute atomic E-state index is 12.4. The Kier molecular flexibility index (Phi) is 6.38. The van der Waals surface area contributed by atoms with Crippen molar-refractivity contribution in [1.82, 2.24) is 0 Å². The fourth-order valence-corrected chi connectivity index (χ4v) is 2.96. The minimum atomic E-state index is -4.76. The van der Waals surface area contributed by atoms with Crippen LogP contribution in [0.5, 0.6) is 5.75 Å². The minimum Gasteiger partial charge on any atom is -0.406 e. The number of benzene rings is 1. The second-order valence-electron chi connectivity index (χ2n) is 7.21. The molecular formula is C18H22BF3O4S. The topological polar surface area (TPSA) is 44.8 Å². The average Bonchev–Trinajstić information content (AvgIpc) is 2.70. The molecule has 1 heterocycles. The zero-order valence-corrected chi connectivity index (χ0v) is 16.7. The van der Waals surface area contributed by atoms with Gasteiger partial charge >= 0.3 is 13.5 Å². The third-order valence-corrected chi connectivity index (χ3v) is 5.33. The number of carbonyl (C=O) groups excluding carboxylic acids is 1. The number of ether oxygens (including phenoxy) is 1. The Morgan fingerprint density at radius 3 is 2.33 bits per heavy atom. The summed E-state index contributed by atoms with van der Waals surface area (Å²) in [6.45, 7) is 9.06. The van der Waals surface area contributed by atoms with Gasteiger partial charge in [0.2, 0.25) is 0 Å². The van der Waals surface area contributed by atoms with Gasteiger partial charge in [-0.15, -0.1) is 13.2 Å². The van der Waals surface area contributed by atoms with Crippen LogP contribution >= 0.6 is 11.8 Å². The monoisotopic (exact) mass is 402 g/mol. The Balaban J connectivity index is 2.32. The molecule has 0 spiro atoms. The molecule has 0 saturated carbocycles. The molecule has 0 bridgehead atoms. The summed E-state index contributed by atoms with van der Waals surface area (Å²) >= 11 is 1.08. The Labute approximate surface area is 161 Å². The first kappa shape index (κ1) is 21.9. The van der Waals surface area contributed by atoms with E-state index in [1.54, 1.807) is 12.1 Å². The molecule has 4 nitrogen and oxygen atoms in total. The molecule has 1 fully saturated rings. The third kappa shape index (κ3) is 6.02. The molecule has 27 heavy (non-hydrogen) atoms. The predicted molar refractivity (Wildman–Crippen MR) is 100 cm³/mol. The van der Waals surface area contributed by atoms with Crippen LogP contribution in [0.25, 0.3) is 6.08 Å². The van der Waals surface area contributed by atoms with Crippen LogP contribution in [-0.4, -0.2) is 35.6 Å². The molecule has 0 unspecified atom stereocenters. The lowest BCUT2D eigenvalue weighted by Gasteiger charge is -2.32. The van der Waals surface area contributed by atoms with E-state index in [0.717, 1.165) is 11.8 Å². The molecule has 1 saturated heterocycles. The summed E-state index contributed by atoms with van der Waals surface area (Å²) in [6, 6.07) is 5.61. The summed E-state index contributed by atoms with van der Waals surface area (Å²) in [5, 5.41) is -0.0772. The Morgan fingerprint density at radius 1 is 1.22 bits per heavy atom. The molecule has 1 aliphatic rings. The van der Waals surface area contributed by atoms with Crippen molar-refractivity contribution in [1.29, 1.82) is 0 Å². The number of hydrogen-bond donors (Lipinski definition) is 0. The number of hydrogen-bond acceptors (Lipinski definition) is 5. The van der Waals surface area contributed by atoms with Gasteiger partial charge in [-0.1, -0.05) is 30.0 Å². The second-order valence-corrected chi connectivity index (χ2v) is 8.36. The Hall–Kier alpha value is -1.45. The van der Waals surface area contributed by atoms with Gasteiger partial charge in [0.05, 0.1) is 11.2 Å². The number of halogens is 3. The van der Waals surface area contributed by atoms with Crippen molar-refractivity contribution in [3.63, 3.8) is 0 Å². The zero-order chi connectivity index (χ0) is 20.5. The van der Waals surface area contributed by atoms with Gasteiger partial charge in [0.1, 0.15) is 5.75 Å². The lowest BCUT2D eigenvalue weighted by Crippen LogP contribution is -2.41. The molecular weight excluding hydrogens is 380 g/mol. The van der Waals surface area contributed by atoms with Crippen molar-refractivity contribution in [2.24, 2.45) is 0 Å². The fourth-order valence-electron chi connectivity index (χ4n) is 2.37. The van der Waals surface area contributed by atoms with Crippen LogP contribution < -0.4 is 4.74 Å². The van der Waals surface area contributed by atoms with Gasteiger partial charge in [0.25, 0.3) is 0 Å². The van der Waals surface area contributed by atoms with Crippen LogP contribution in [0.3, 0.4) is 0 Å². The summed E-state index contributed by atoms with van der Waals surface area (Å²) in [4.78, 5) is 11.4. The van der Waals surface area contributed by atoms with Crippen molar-refractivity contribution < 1.29 is 32.0 Å². The summed E-state index contributed by atoms with van der Waals surface area (Å²) in [5.41, 5.74) is 0.00115. The Bertz CT molecular complexity index is 716. The van der Waals surface area contributed by atoms with E-state index in [0.29, 0.717) is 16.8 Å². The lowest BCUT2D eigenvalue weighted by molar-refractivity contribution is -0.274. The summed E-state index contributed by atoms with van der Waals surface area (Å²) in [5.74, 6) is -0.0139. The van der Waals surface area contributed by atoms with Crippen molar-refractivity contribution in [2.75, 3.05) is 5.75 Å². The maximum Gasteiger partial charge on any atom is 0.573 e. The molecule has 0 aromatic heterocycles. The van der Waals surface area contributed by atoms with Gasteiger partial charge in [0, 0.05) is 12.7 Å².